The second kappa shape index (κ2) is 7.44. The summed E-state index contributed by atoms with van der Waals surface area (Å²) in [4.78, 5) is 15.6. The number of fused-ring (bicyclic) bond motifs is 1. The number of benzene rings is 2. The number of para-hydroxylation sites is 1. The molecule has 0 unspecified atom stereocenters. The van der Waals surface area contributed by atoms with Gasteiger partial charge in [-0.05, 0) is 29.8 Å². The highest BCUT2D eigenvalue weighted by Gasteiger charge is 2.22. The molecule has 22 heavy (non-hydrogen) atoms. The van der Waals surface area contributed by atoms with Crippen molar-refractivity contribution < 1.29 is 4.79 Å². The first kappa shape index (κ1) is 15.8. The number of nitrogens with zero attached hydrogens (tertiary/aromatic N) is 1. The second-order valence-corrected chi connectivity index (χ2v) is 7.54. The lowest BCUT2D eigenvalue weighted by Crippen LogP contribution is -2.36. The highest BCUT2D eigenvalue weighted by molar-refractivity contribution is 7.99. The van der Waals surface area contributed by atoms with Crippen molar-refractivity contribution in [3.05, 3.63) is 59.1 Å². The molecule has 0 spiro atoms. The van der Waals surface area contributed by atoms with Gasteiger partial charge in [-0.1, -0.05) is 35.9 Å². The van der Waals surface area contributed by atoms with Crippen LogP contribution in [0, 0.1) is 0 Å². The van der Waals surface area contributed by atoms with E-state index in [-0.39, 0.29) is 5.91 Å². The minimum atomic E-state index is 0.187. The predicted octanol–water partition coefficient (Wildman–Crippen LogP) is 4.71. The van der Waals surface area contributed by atoms with Gasteiger partial charge < -0.3 is 4.90 Å². The molecule has 0 saturated heterocycles. The van der Waals surface area contributed by atoms with Gasteiger partial charge in [0.05, 0.1) is 11.4 Å². The van der Waals surface area contributed by atoms with Gasteiger partial charge in [-0.2, -0.15) is 0 Å². The Bertz CT molecular complexity index is 660. The molecule has 2 aromatic rings. The van der Waals surface area contributed by atoms with Crippen molar-refractivity contribution in [1.29, 1.82) is 0 Å². The van der Waals surface area contributed by atoms with Gasteiger partial charge in [0, 0.05) is 28.0 Å². The summed E-state index contributed by atoms with van der Waals surface area (Å²) in [6, 6.07) is 15.9. The molecule has 0 aromatic heterocycles. The van der Waals surface area contributed by atoms with Gasteiger partial charge >= 0.3 is 0 Å². The fourth-order valence-electron chi connectivity index (χ4n) is 2.34. The highest BCUT2D eigenvalue weighted by atomic mass is 35.5. The SMILES string of the molecule is O=C(CSCc1ccc(Cl)cc1)N1CCSc2ccccc21. The summed E-state index contributed by atoms with van der Waals surface area (Å²) >= 11 is 9.34. The molecule has 2 nitrogen and oxygen atoms in total. The van der Waals surface area contributed by atoms with Crippen LogP contribution in [-0.4, -0.2) is 24.0 Å². The van der Waals surface area contributed by atoms with E-state index in [2.05, 4.69) is 6.07 Å². The molecule has 1 amide bonds. The number of rotatable bonds is 4. The van der Waals surface area contributed by atoms with Gasteiger partial charge in [-0.25, -0.2) is 0 Å². The third-order valence-electron chi connectivity index (χ3n) is 3.44. The van der Waals surface area contributed by atoms with Gasteiger partial charge in [-0.3, -0.25) is 4.79 Å². The normalized spacial score (nSPS) is 13.8. The van der Waals surface area contributed by atoms with Crippen molar-refractivity contribution in [1.82, 2.24) is 0 Å². The Balaban J connectivity index is 1.58. The second-order valence-electron chi connectivity index (χ2n) is 4.98. The molecule has 0 bridgehead atoms. The van der Waals surface area contributed by atoms with E-state index in [4.69, 9.17) is 11.6 Å². The Hall–Kier alpha value is -1.10. The number of halogens is 1. The van der Waals surface area contributed by atoms with Crippen LogP contribution >= 0.6 is 35.1 Å². The molecule has 0 atom stereocenters. The molecule has 0 aliphatic carbocycles. The van der Waals surface area contributed by atoms with Crippen LogP contribution in [0.5, 0.6) is 0 Å². The lowest BCUT2D eigenvalue weighted by Gasteiger charge is -2.28. The summed E-state index contributed by atoms with van der Waals surface area (Å²) in [5.41, 5.74) is 2.24. The first-order valence-electron chi connectivity index (χ1n) is 7.08. The van der Waals surface area contributed by atoms with Crippen LogP contribution < -0.4 is 4.90 Å². The largest absolute Gasteiger partial charge is 0.310 e. The molecule has 0 saturated carbocycles. The number of carbonyl (C=O) groups is 1. The molecule has 2 aromatic carbocycles. The average Bonchev–Trinajstić information content (AvgIpc) is 2.56. The molecule has 3 rings (SSSR count). The number of thioether (sulfide) groups is 2. The van der Waals surface area contributed by atoms with Crippen molar-refractivity contribution in [3.63, 3.8) is 0 Å². The van der Waals surface area contributed by atoms with E-state index in [9.17, 15) is 4.79 Å². The molecule has 1 aliphatic rings. The topological polar surface area (TPSA) is 20.3 Å². The van der Waals surface area contributed by atoms with E-state index >= 15 is 0 Å². The third-order valence-corrected chi connectivity index (χ3v) is 5.72. The van der Waals surface area contributed by atoms with Crippen LogP contribution in [0.1, 0.15) is 5.56 Å². The molecule has 114 valence electrons. The van der Waals surface area contributed by atoms with Crippen molar-refractivity contribution in [3.8, 4) is 0 Å². The molecule has 0 N–H and O–H groups in total. The monoisotopic (exact) mass is 349 g/mol. The van der Waals surface area contributed by atoms with Crippen LogP contribution in [0.25, 0.3) is 0 Å². The van der Waals surface area contributed by atoms with Gasteiger partial charge in [0.2, 0.25) is 5.91 Å². The maximum Gasteiger partial charge on any atom is 0.237 e. The molecular formula is C17H16ClNOS2. The third kappa shape index (κ3) is 3.80. The Morgan fingerprint density at radius 2 is 1.95 bits per heavy atom. The van der Waals surface area contributed by atoms with E-state index in [1.54, 1.807) is 11.8 Å². The smallest absolute Gasteiger partial charge is 0.237 e. The fourth-order valence-corrected chi connectivity index (χ4v) is 4.32. The number of hydrogen-bond acceptors (Lipinski definition) is 3. The first-order valence-corrected chi connectivity index (χ1v) is 9.60. The number of anilines is 1. The van der Waals surface area contributed by atoms with E-state index in [1.165, 1.54) is 10.5 Å². The van der Waals surface area contributed by atoms with Crippen molar-refractivity contribution in [2.24, 2.45) is 0 Å². The molecule has 0 radical (unpaired) electrons. The lowest BCUT2D eigenvalue weighted by atomic mass is 10.2. The van der Waals surface area contributed by atoms with E-state index in [0.717, 1.165) is 28.8 Å². The van der Waals surface area contributed by atoms with Crippen molar-refractivity contribution >= 4 is 46.7 Å². The Morgan fingerprint density at radius 1 is 1.18 bits per heavy atom. The van der Waals surface area contributed by atoms with E-state index in [1.807, 2.05) is 59.1 Å². The minimum absolute atomic E-state index is 0.187. The van der Waals surface area contributed by atoms with E-state index in [0.29, 0.717) is 5.75 Å². The summed E-state index contributed by atoms with van der Waals surface area (Å²) in [6.07, 6.45) is 0. The van der Waals surface area contributed by atoms with E-state index < -0.39 is 0 Å². The molecule has 1 aliphatic heterocycles. The summed E-state index contributed by atoms with van der Waals surface area (Å²) < 4.78 is 0. The van der Waals surface area contributed by atoms with Crippen molar-refractivity contribution in [2.45, 2.75) is 10.6 Å². The number of hydrogen-bond donors (Lipinski definition) is 0. The number of amides is 1. The first-order chi connectivity index (χ1) is 10.7. The maximum atomic E-state index is 12.5. The summed E-state index contributed by atoms with van der Waals surface area (Å²) in [6.45, 7) is 0.794. The lowest BCUT2D eigenvalue weighted by molar-refractivity contribution is -0.116. The Kier molecular flexibility index (Phi) is 5.34. The summed E-state index contributed by atoms with van der Waals surface area (Å²) in [5, 5.41) is 0.743. The van der Waals surface area contributed by atoms with Gasteiger partial charge in [0.1, 0.15) is 0 Å². The fraction of sp³-hybridized carbons (Fsp3) is 0.235. The zero-order chi connectivity index (χ0) is 15.4. The van der Waals surface area contributed by atoms with Crippen molar-refractivity contribution in [2.75, 3.05) is 23.0 Å². The average molecular weight is 350 g/mol. The zero-order valence-corrected chi connectivity index (χ0v) is 14.4. The van der Waals surface area contributed by atoms with Crippen LogP contribution in [0.2, 0.25) is 5.02 Å². The van der Waals surface area contributed by atoms with Crippen LogP contribution in [0.3, 0.4) is 0 Å². The quantitative estimate of drug-likeness (QED) is 0.797. The Labute approximate surface area is 144 Å². The molecule has 1 heterocycles. The molecular weight excluding hydrogens is 334 g/mol. The van der Waals surface area contributed by atoms with Crippen LogP contribution in [0.4, 0.5) is 5.69 Å². The van der Waals surface area contributed by atoms with Gasteiger partial charge in [0.15, 0.2) is 0 Å². The van der Waals surface area contributed by atoms with Crippen LogP contribution in [0.15, 0.2) is 53.4 Å². The zero-order valence-electron chi connectivity index (χ0n) is 12.0. The minimum Gasteiger partial charge on any atom is -0.310 e. The molecule has 0 fully saturated rings. The highest BCUT2D eigenvalue weighted by Crippen LogP contribution is 2.34. The maximum absolute atomic E-state index is 12.5. The Morgan fingerprint density at radius 3 is 2.77 bits per heavy atom. The molecule has 5 heteroatoms. The number of carbonyl (C=O) groups excluding carboxylic acids is 1. The standard InChI is InChI=1S/C17H16ClNOS2/c18-14-7-5-13(6-8-14)11-21-12-17(20)19-9-10-22-16-4-2-1-3-15(16)19/h1-8H,9-12H2. The van der Waals surface area contributed by atoms with Gasteiger partial charge in [0.25, 0.3) is 0 Å². The van der Waals surface area contributed by atoms with Crippen LogP contribution in [-0.2, 0) is 10.5 Å². The summed E-state index contributed by atoms with van der Waals surface area (Å²) in [5.74, 6) is 2.48. The predicted molar refractivity (Wildman–Crippen MR) is 97.1 cm³/mol. The summed E-state index contributed by atoms with van der Waals surface area (Å²) in [7, 11) is 0. The van der Waals surface area contributed by atoms with Gasteiger partial charge in [-0.15, -0.1) is 23.5 Å².